The summed E-state index contributed by atoms with van der Waals surface area (Å²) in [4.78, 5) is 13.3. The summed E-state index contributed by atoms with van der Waals surface area (Å²) in [5.41, 5.74) is 2.46. The van der Waals surface area contributed by atoms with E-state index in [9.17, 15) is 4.79 Å². The summed E-state index contributed by atoms with van der Waals surface area (Å²) in [6.45, 7) is 0.767. The first-order valence-corrected chi connectivity index (χ1v) is 5.51. The van der Waals surface area contributed by atoms with Crippen molar-refractivity contribution in [3.8, 4) is 0 Å². The van der Waals surface area contributed by atoms with E-state index in [1.165, 1.54) is 12.7 Å². The van der Waals surface area contributed by atoms with Crippen LogP contribution in [0.3, 0.4) is 0 Å². The van der Waals surface area contributed by atoms with Gasteiger partial charge < -0.3 is 10.1 Å². The summed E-state index contributed by atoms with van der Waals surface area (Å²) in [7, 11) is 1.43. The van der Waals surface area contributed by atoms with Gasteiger partial charge in [-0.15, -0.1) is 0 Å². The molecule has 0 unspecified atom stereocenters. The zero-order chi connectivity index (χ0) is 11.1. The predicted octanol–water partition coefficient (Wildman–Crippen LogP) is 1.99. The highest BCUT2D eigenvalue weighted by Crippen LogP contribution is 2.43. The van der Waals surface area contributed by atoms with Gasteiger partial charge in [0.1, 0.15) is 6.17 Å². The SMILES string of the molecule is COC(=O)N1CC[C@@H]2c3ccccc3N[C@H]21. The summed E-state index contributed by atoms with van der Waals surface area (Å²) in [6, 6.07) is 8.25. The molecule has 1 amide bonds. The van der Waals surface area contributed by atoms with Gasteiger partial charge in [-0.2, -0.15) is 0 Å². The van der Waals surface area contributed by atoms with E-state index in [2.05, 4.69) is 17.4 Å². The minimum atomic E-state index is -0.243. The van der Waals surface area contributed by atoms with Gasteiger partial charge in [0.2, 0.25) is 0 Å². The Bertz CT molecular complexity index is 433. The minimum absolute atomic E-state index is 0.0739. The van der Waals surface area contributed by atoms with E-state index in [0.717, 1.165) is 18.7 Å². The molecule has 0 bridgehead atoms. The Morgan fingerprint density at radius 1 is 1.50 bits per heavy atom. The number of nitrogens with one attached hydrogen (secondary N) is 1. The number of fused-ring (bicyclic) bond motifs is 3. The van der Waals surface area contributed by atoms with Crippen molar-refractivity contribution >= 4 is 11.8 Å². The Morgan fingerprint density at radius 2 is 2.31 bits per heavy atom. The van der Waals surface area contributed by atoms with E-state index in [-0.39, 0.29) is 12.3 Å². The summed E-state index contributed by atoms with van der Waals surface area (Å²) in [6.07, 6.45) is 0.835. The van der Waals surface area contributed by atoms with Crippen molar-refractivity contribution in [2.75, 3.05) is 19.0 Å². The van der Waals surface area contributed by atoms with Gasteiger partial charge in [-0.05, 0) is 18.1 Å². The second-order valence-electron chi connectivity index (χ2n) is 4.24. The van der Waals surface area contributed by atoms with Gasteiger partial charge in [0, 0.05) is 18.2 Å². The lowest BCUT2D eigenvalue weighted by Gasteiger charge is -2.22. The number of carbonyl (C=O) groups is 1. The van der Waals surface area contributed by atoms with Gasteiger partial charge in [-0.25, -0.2) is 4.79 Å². The average Bonchev–Trinajstić information content (AvgIpc) is 2.86. The molecule has 1 N–H and O–H groups in total. The number of likely N-dealkylation sites (tertiary alicyclic amines) is 1. The van der Waals surface area contributed by atoms with Crippen molar-refractivity contribution < 1.29 is 9.53 Å². The van der Waals surface area contributed by atoms with E-state index in [0.29, 0.717) is 5.92 Å². The Morgan fingerprint density at radius 3 is 3.12 bits per heavy atom. The van der Waals surface area contributed by atoms with Crippen LogP contribution >= 0.6 is 0 Å². The van der Waals surface area contributed by atoms with Crippen molar-refractivity contribution in [1.82, 2.24) is 4.90 Å². The molecule has 1 fully saturated rings. The normalized spacial score (nSPS) is 25.9. The molecule has 2 atom stereocenters. The van der Waals surface area contributed by atoms with Crippen LogP contribution in [0.4, 0.5) is 10.5 Å². The molecule has 4 nitrogen and oxygen atoms in total. The number of carbonyl (C=O) groups excluding carboxylic acids is 1. The topological polar surface area (TPSA) is 41.6 Å². The molecule has 0 saturated carbocycles. The maximum atomic E-state index is 11.6. The Balaban J connectivity index is 1.90. The van der Waals surface area contributed by atoms with Crippen LogP contribution in [0.5, 0.6) is 0 Å². The van der Waals surface area contributed by atoms with Crippen LogP contribution in [-0.4, -0.2) is 30.8 Å². The van der Waals surface area contributed by atoms with Crippen LogP contribution in [0.1, 0.15) is 17.9 Å². The van der Waals surface area contributed by atoms with Crippen molar-refractivity contribution in [1.29, 1.82) is 0 Å². The molecule has 3 rings (SSSR count). The molecule has 1 aromatic rings. The molecule has 0 aromatic heterocycles. The fourth-order valence-electron chi connectivity index (χ4n) is 2.73. The van der Waals surface area contributed by atoms with Gasteiger partial charge >= 0.3 is 6.09 Å². The Kier molecular flexibility index (Phi) is 2.02. The molecule has 2 aliphatic heterocycles. The molecule has 0 radical (unpaired) electrons. The summed E-state index contributed by atoms with van der Waals surface area (Å²) in [5.74, 6) is 0.412. The van der Waals surface area contributed by atoms with E-state index in [1.807, 2.05) is 12.1 Å². The first kappa shape index (κ1) is 9.51. The smallest absolute Gasteiger partial charge is 0.411 e. The fourth-order valence-corrected chi connectivity index (χ4v) is 2.73. The number of methoxy groups -OCH3 is 1. The second kappa shape index (κ2) is 3.40. The second-order valence-corrected chi connectivity index (χ2v) is 4.24. The van der Waals surface area contributed by atoms with Crippen LogP contribution in [0.25, 0.3) is 0 Å². The fraction of sp³-hybridized carbons (Fsp3) is 0.417. The van der Waals surface area contributed by atoms with Crippen molar-refractivity contribution in [2.24, 2.45) is 0 Å². The van der Waals surface area contributed by atoms with Crippen LogP contribution in [0.2, 0.25) is 0 Å². The number of hydrogen-bond donors (Lipinski definition) is 1. The maximum absolute atomic E-state index is 11.6. The van der Waals surface area contributed by atoms with Gasteiger partial charge in [0.25, 0.3) is 0 Å². The minimum Gasteiger partial charge on any atom is -0.453 e. The molecule has 0 spiro atoms. The highest BCUT2D eigenvalue weighted by atomic mass is 16.5. The molecule has 1 aromatic carbocycles. The average molecular weight is 218 g/mol. The summed E-state index contributed by atoms with van der Waals surface area (Å²) < 4.78 is 4.79. The number of hydrogen-bond acceptors (Lipinski definition) is 3. The first-order chi connectivity index (χ1) is 7.81. The third-order valence-electron chi connectivity index (χ3n) is 3.47. The van der Waals surface area contributed by atoms with Gasteiger partial charge in [0.05, 0.1) is 7.11 Å². The standard InChI is InChI=1S/C12H14N2O2/c1-16-12(15)14-7-6-9-8-4-2-3-5-10(8)13-11(9)14/h2-5,9,11,13H,6-7H2,1H3/t9-,11+/m1/s1. The van der Waals surface area contributed by atoms with E-state index in [1.54, 1.807) is 4.90 Å². The molecule has 1 saturated heterocycles. The van der Waals surface area contributed by atoms with Crippen molar-refractivity contribution in [2.45, 2.75) is 18.5 Å². The molecular formula is C12H14N2O2. The first-order valence-electron chi connectivity index (χ1n) is 5.51. The number of ether oxygens (including phenoxy) is 1. The van der Waals surface area contributed by atoms with Crippen LogP contribution in [-0.2, 0) is 4.74 Å². The van der Waals surface area contributed by atoms with Crippen LogP contribution in [0, 0.1) is 0 Å². The lowest BCUT2D eigenvalue weighted by Crippen LogP contribution is -2.39. The van der Waals surface area contributed by atoms with Gasteiger partial charge in [-0.3, -0.25) is 4.90 Å². The largest absolute Gasteiger partial charge is 0.453 e. The van der Waals surface area contributed by atoms with E-state index in [4.69, 9.17) is 4.74 Å². The number of anilines is 1. The highest BCUT2D eigenvalue weighted by molar-refractivity contribution is 5.71. The predicted molar refractivity (Wildman–Crippen MR) is 60.3 cm³/mol. The summed E-state index contributed by atoms with van der Waals surface area (Å²) >= 11 is 0. The molecule has 4 heteroatoms. The van der Waals surface area contributed by atoms with Crippen LogP contribution < -0.4 is 5.32 Å². The van der Waals surface area contributed by atoms with Crippen molar-refractivity contribution in [3.05, 3.63) is 29.8 Å². The molecule has 0 aliphatic carbocycles. The summed E-state index contributed by atoms with van der Waals surface area (Å²) in [5, 5.41) is 3.39. The van der Waals surface area contributed by atoms with Crippen LogP contribution in [0.15, 0.2) is 24.3 Å². The molecule has 2 aliphatic rings. The molecular weight excluding hydrogens is 204 g/mol. The highest BCUT2D eigenvalue weighted by Gasteiger charge is 2.43. The van der Waals surface area contributed by atoms with E-state index < -0.39 is 0 Å². The maximum Gasteiger partial charge on any atom is 0.411 e. The third-order valence-corrected chi connectivity index (χ3v) is 3.47. The quantitative estimate of drug-likeness (QED) is 0.724. The number of rotatable bonds is 0. The molecule has 2 heterocycles. The zero-order valence-corrected chi connectivity index (χ0v) is 9.14. The molecule has 84 valence electrons. The van der Waals surface area contributed by atoms with E-state index >= 15 is 0 Å². The number of benzene rings is 1. The van der Waals surface area contributed by atoms with Crippen molar-refractivity contribution in [3.63, 3.8) is 0 Å². The third kappa shape index (κ3) is 1.19. The number of amides is 1. The Hall–Kier alpha value is -1.71. The zero-order valence-electron chi connectivity index (χ0n) is 9.14. The Labute approximate surface area is 94.2 Å². The number of nitrogens with zero attached hydrogens (tertiary/aromatic N) is 1. The number of para-hydroxylation sites is 1. The monoisotopic (exact) mass is 218 g/mol. The lowest BCUT2D eigenvalue weighted by atomic mass is 9.99. The lowest BCUT2D eigenvalue weighted by molar-refractivity contribution is 0.122. The molecule has 16 heavy (non-hydrogen) atoms. The van der Waals surface area contributed by atoms with Gasteiger partial charge in [0.15, 0.2) is 0 Å². The van der Waals surface area contributed by atoms with Gasteiger partial charge in [-0.1, -0.05) is 18.2 Å².